The van der Waals surface area contributed by atoms with Crippen molar-refractivity contribution < 1.29 is 27.4 Å². The summed E-state index contributed by atoms with van der Waals surface area (Å²) in [6, 6.07) is 3.18. The second-order valence-corrected chi connectivity index (χ2v) is 6.93. The van der Waals surface area contributed by atoms with E-state index in [9.17, 15) is 22.7 Å². The fourth-order valence-electron chi connectivity index (χ4n) is 2.83. The number of hydrogen-bond acceptors (Lipinski definition) is 7. The van der Waals surface area contributed by atoms with E-state index in [4.69, 9.17) is 5.73 Å². The molecule has 0 amide bonds. The first-order valence-electron chi connectivity index (χ1n) is 8.37. The third-order valence-electron chi connectivity index (χ3n) is 3.97. The first-order valence-corrected chi connectivity index (χ1v) is 8.37. The van der Waals surface area contributed by atoms with Crippen molar-refractivity contribution in [1.82, 2.24) is 19.6 Å². The van der Waals surface area contributed by atoms with Crippen molar-refractivity contribution in [2.75, 3.05) is 11.1 Å². The first-order chi connectivity index (χ1) is 13.3. The summed E-state index contributed by atoms with van der Waals surface area (Å²) in [6.07, 6.45) is -4.95. The van der Waals surface area contributed by atoms with Crippen molar-refractivity contribution in [3.05, 3.63) is 41.3 Å². The van der Waals surface area contributed by atoms with Crippen LogP contribution in [0, 0.1) is 12.7 Å². The SMILES string of the molecule is Cc1cc(NC(c2ccc(OC(F)(F)F)cc2F)C(C)(C)O)n2nc(N)nc2n1. The number of halogens is 4. The zero-order valence-corrected chi connectivity index (χ0v) is 15.6. The molecule has 3 aromatic rings. The molecule has 0 bridgehead atoms. The highest BCUT2D eigenvalue weighted by Gasteiger charge is 2.34. The average molecular weight is 414 g/mol. The van der Waals surface area contributed by atoms with E-state index in [-0.39, 0.29) is 17.3 Å². The molecule has 156 valence electrons. The highest BCUT2D eigenvalue weighted by molar-refractivity contribution is 5.50. The molecular weight excluding hydrogens is 396 g/mol. The molecule has 0 saturated heterocycles. The maximum atomic E-state index is 14.6. The lowest BCUT2D eigenvalue weighted by Gasteiger charge is -2.31. The molecule has 2 aromatic heterocycles. The molecule has 0 radical (unpaired) electrons. The normalized spacial score (nSPS) is 13.5. The Bertz CT molecular complexity index is 1040. The number of nitrogens with one attached hydrogen (secondary N) is 1. The third kappa shape index (κ3) is 4.65. The number of nitrogens with zero attached hydrogens (tertiary/aromatic N) is 4. The van der Waals surface area contributed by atoms with Crippen molar-refractivity contribution in [1.29, 1.82) is 0 Å². The number of rotatable bonds is 5. The van der Waals surface area contributed by atoms with Crippen molar-refractivity contribution in [3.8, 4) is 5.75 Å². The van der Waals surface area contributed by atoms with Gasteiger partial charge in [0.15, 0.2) is 0 Å². The number of anilines is 2. The van der Waals surface area contributed by atoms with E-state index >= 15 is 0 Å². The Balaban J connectivity index is 2.03. The Hall–Kier alpha value is -3.15. The van der Waals surface area contributed by atoms with Crippen LogP contribution in [0.2, 0.25) is 0 Å². The van der Waals surface area contributed by atoms with Gasteiger partial charge in [0.2, 0.25) is 5.95 Å². The van der Waals surface area contributed by atoms with Crippen LogP contribution in [-0.2, 0) is 0 Å². The number of hydrogen-bond donors (Lipinski definition) is 3. The summed E-state index contributed by atoms with van der Waals surface area (Å²) in [5.74, 6) is -1.25. The van der Waals surface area contributed by atoms with E-state index in [1.807, 2.05) is 0 Å². The quantitative estimate of drug-likeness (QED) is 0.551. The Morgan fingerprint density at radius 1 is 1.21 bits per heavy atom. The van der Waals surface area contributed by atoms with Gasteiger partial charge in [0, 0.05) is 23.4 Å². The Labute approximate surface area is 162 Å². The van der Waals surface area contributed by atoms with Gasteiger partial charge >= 0.3 is 6.36 Å². The van der Waals surface area contributed by atoms with Gasteiger partial charge in [-0.05, 0) is 26.8 Å². The Morgan fingerprint density at radius 2 is 1.90 bits per heavy atom. The van der Waals surface area contributed by atoms with Crippen LogP contribution in [0.5, 0.6) is 5.75 Å². The fraction of sp³-hybridized carbons (Fsp3) is 0.353. The van der Waals surface area contributed by atoms with Gasteiger partial charge in [-0.1, -0.05) is 6.07 Å². The van der Waals surface area contributed by atoms with Crippen LogP contribution < -0.4 is 15.8 Å². The number of nitrogen functional groups attached to an aromatic ring is 1. The van der Waals surface area contributed by atoms with Crippen LogP contribution in [-0.4, -0.2) is 36.7 Å². The Morgan fingerprint density at radius 3 is 2.48 bits per heavy atom. The molecule has 1 aromatic carbocycles. The molecule has 0 fully saturated rings. The molecule has 3 rings (SSSR count). The van der Waals surface area contributed by atoms with Crippen molar-refractivity contribution in [2.45, 2.75) is 38.8 Å². The van der Waals surface area contributed by atoms with Gasteiger partial charge in [0.1, 0.15) is 17.4 Å². The van der Waals surface area contributed by atoms with Gasteiger partial charge in [-0.3, -0.25) is 0 Å². The molecule has 8 nitrogen and oxygen atoms in total. The topological polar surface area (TPSA) is 111 Å². The summed E-state index contributed by atoms with van der Waals surface area (Å²) in [7, 11) is 0. The highest BCUT2D eigenvalue weighted by atomic mass is 19.4. The molecular formula is C17H18F4N6O2. The van der Waals surface area contributed by atoms with Gasteiger partial charge < -0.3 is 20.9 Å². The number of fused-ring (bicyclic) bond motifs is 1. The summed E-state index contributed by atoms with van der Waals surface area (Å²) in [6.45, 7) is 4.54. The zero-order chi connectivity index (χ0) is 21.6. The minimum Gasteiger partial charge on any atom is -0.406 e. The number of alkyl halides is 3. The van der Waals surface area contributed by atoms with Crippen LogP contribution in [0.1, 0.15) is 31.1 Å². The minimum atomic E-state index is -4.95. The zero-order valence-electron chi connectivity index (χ0n) is 15.6. The molecule has 2 heterocycles. The summed E-state index contributed by atoms with van der Waals surface area (Å²) < 4.78 is 56.8. The van der Waals surface area contributed by atoms with Crippen LogP contribution in [0.15, 0.2) is 24.3 Å². The lowest BCUT2D eigenvalue weighted by Crippen LogP contribution is -2.35. The lowest BCUT2D eigenvalue weighted by atomic mass is 9.91. The summed E-state index contributed by atoms with van der Waals surface area (Å²) in [4.78, 5) is 8.13. The first kappa shape index (κ1) is 20.6. The van der Waals surface area contributed by atoms with Gasteiger partial charge in [-0.25, -0.2) is 9.37 Å². The summed E-state index contributed by atoms with van der Waals surface area (Å²) >= 11 is 0. The number of aliphatic hydroxyl groups is 1. The molecule has 1 atom stereocenters. The molecule has 0 aliphatic heterocycles. The van der Waals surface area contributed by atoms with Crippen molar-refractivity contribution in [3.63, 3.8) is 0 Å². The highest BCUT2D eigenvalue weighted by Crippen LogP contribution is 2.34. The van der Waals surface area contributed by atoms with Gasteiger partial charge in [-0.15, -0.1) is 18.3 Å². The van der Waals surface area contributed by atoms with Crippen molar-refractivity contribution >= 4 is 17.5 Å². The van der Waals surface area contributed by atoms with Crippen molar-refractivity contribution in [2.24, 2.45) is 0 Å². The van der Waals surface area contributed by atoms with Crippen LogP contribution in [0.3, 0.4) is 0 Å². The smallest absolute Gasteiger partial charge is 0.406 e. The molecule has 12 heteroatoms. The molecule has 4 N–H and O–H groups in total. The van der Waals surface area contributed by atoms with Crippen LogP contribution in [0.25, 0.3) is 5.78 Å². The van der Waals surface area contributed by atoms with Crippen LogP contribution in [0.4, 0.5) is 29.3 Å². The van der Waals surface area contributed by atoms with Gasteiger partial charge in [0.25, 0.3) is 5.78 Å². The number of aromatic nitrogens is 4. The van der Waals surface area contributed by atoms with E-state index in [0.29, 0.717) is 17.6 Å². The molecule has 0 aliphatic rings. The van der Waals surface area contributed by atoms with E-state index in [1.165, 1.54) is 18.4 Å². The fourth-order valence-corrected chi connectivity index (χ4v) is 2.83. The summed E-state index contributed by atoms with van der Waals surface area (Å²) in [5, 5.41) is 17.5. The number of ether oxygens (including phenoxy) is 1. The van der Waals surface area contributed by atoms with Gasteiger partial charge in [0.05, 0.1) is 11.6 Å². The largest absolute Gasteiger partial charge is 0.573 e. The second kappa shape index (κ2) is 7.03. The molecule has 29 heavy (non-hydrogen) atoms. The third-order valence-corrected chi connectivity index (χ3v) is 3.97. The van der Waals surface area contributed by atoms with E-state index in [2.05, 4.69) is 25.1 Å². The second-order valence-electron chi connectivity index (χ2n) is 6.93. The number of benzene rings is 1. The maximum absolute atomic E-state index is 14.6. The standard InChI is InChI=1S/C17H18F4N6O2/c1-8-6-12(27-15(23-8)25-14(22)26-27)24-13(16(2,3)28)10-5-4-9(7-11(10)18)29-17(19,20)21/h4-7,13,24,28H,1-3H3,(H2,22,26). The lowest BCUT2D eigenvalue weighted by molar-refractivity contribution is -0.274. The van der Waals surface area contributed by atoms with Gasteiger partial charge in [-0.2, -0.15) is 9.50 Å². The van der Waals surface area contributed by atoms with E-state index < -0.39 is 29.6 Å². The molecule has 0 saturated carbocycles. The number of nitrogens with two attached hydrogens (primary N) is 1. The molecule has 0 spiro atoms. The van der Waals surface area contributed by atoms with Crippen LogP contribution >= 0.6 is 0 Å². The predicted octanol–water partition coefficient (Wildman–Crippen LogP) is 2.98. The minimum absolute atomic E-state index is 0.0363. The summed E-state index contributed by atoms with van der Waals surface area (Å²) in [5.41, 5.74) is 4.55. The maximum Gasteiger partial charge on any atom is 0.573 e. The molecule has 0 aliphatic carbocycles. The number of aryl methyl sites for hydroxylation is 1. The van der Waals surface area contributed by atoms with E-state index in [1.54, 1.807) is 13.0 Å². The monoisotopic (exact) mass is 414 g/mol. The van der Waals surface area contributed by atoms with E-state index in [0.717, 1.165) is 12.1 Å². The average Bonchev–Trinajstić information content (AvgIpc) is 2.90. The predicted molar refractivity (Wildman–Crippen MR) is 95.7 cm³/mol. The molecule has 1 unspecified atom stereocenters. The Kier molecular flexibility index (Phi) is 4.99.